The summed E-state index contributed by atoms with van der Waals surface area (Å²) >= 11 is 0. The Bertz CT molecular complexity index is 558. The molecular weight excluding hydrogens is 238 g/mol. The molecule has 5 heteroatoms. The maximum Gasteiger partial charge on any atom is 0.255 e. The second-order valence-corrected chi connectivity index (χ2v) is 5.73. The highest BCUT2D eigenvalue weighted by Gasteiger charge is 2.16. The monoisotopic (exact) mass is 261 g/mol. The number of hydrogen-bond donors (Lipinski definition) is 1. The van der Waals surface area contributed by atoms with E-state index in [4.69, 9.17) is 5.73 Å². The number of nitrogens with zero attached hydrogens (tertiary/aromatic N) is 4. The van der Waals surface area contributed by atoms with Crippen LogP contribution in [0.4, 0.5) is 0 Å². The van der Waals surface area contributed by atoms with Gasteiger partial charge in [0.2, 0.25) is 0 Å². The summed E-state index contributed by atoms with van der Waals surface area (Å²) in [5.41, 5.74) is 7.97. The number of rotatable bonds is 5. The van der Waals surface area contributed by atoms with Crippen molar-refractivity contribution < 1.29 is 0 Å². The molecule has 19 heavy (non-hydrogen) atoms. The van der Waals surface area contributed by atoms with E-state index in [9.17, 15) is 0 Å². The van der Waals surface area contributed by atoms with Crippen molar-refractivity contribution in [1.29, 1.82) is 0 Å². The van der Waals surface area contributed by atoms with Gasteiger partial charge in [0, 0.05) is 17.8 Å². The average Bonchev–Trinajstić information content (AvgIpc) is 2.70. The second kappa shape index (κ2) is 5.65. The van der Waals surface area contributed by atoms with Crippen molar-refractivity contribution in [2.75, 3.05) is 6.54 Å². The van der Waals surface area contributed by atoms with Gasteiger partial charge in [-0.05, 0) is 44.7 Å². The number of nitrogens with two attached hydrogens (primary N) is 1. The highest BCUT2D eigenvalue weighted by atomic mass is 15.3. The van der Waals surface area contributed by atoms with Crippen molar-refractivity contribution in [1.82, 2.24) is 19.6 Å². The van der Waals surface area contributed by atoms with E-state index in [0.717, 1.165) is 30.1 Å². The molecule has 0 bridgehead atoms. The second-order valence-electron chi connectivity index (χ2n) is 5.73. The van der Waals surface area contributed by atoms with Gasteiger partial charge in [0.05, 0.1) is 0 Å². The summed E-state index contributed by atoms with van der Waals surface area (Å²) in [6.45, 7) is 9.17. The summed E-state index contributed by atoms with van der Waals surface area (Å²) in [6, 6.07) is 2.06. The van der Waals surface area contributed by atoms with Gasteiger partial charge in [-0.1, -0.05) is 13.8 Å². The first kappa shape index (κ1) is 13.9. The topological polar surface area (TPSA) is 69.1 Å². The van der Waals surface area contributed by atoms with Crippen LogP contribution >= 0.6 is 0 Å². The van der Waals surface area contributed by atoms with Gasteiger partial charge in [0.15, 0.2) is 0 Å². The van der Waals surface area contributed by atoms with Gasteiger partial charge < -0.3 is 5.73 Å². The molecule has 2 heterocycles. The normalized spacial score (nSPS) is 13.4. The third-order valence-electron chi connectivity index (χ3n) is 3.37. The van der Waals surface area contributed by atoms with Gasteiger partial charge in [-0.15, -0.1) is 10.2 Å². The molecule has 1 atom stereocenters. The first-order valence-corrected chi connectivity index (χ1v) is 6.89. The highest BCUT2D eigenvalue weighted by molar-refractivity contribution is 5.32. The minimum absolute atomic E-state index is 0.452. The van der Waals surface area contributed by atoms with E-state index in [2.05, 4.69) is 42.0 Å². The van der Waals surface area contributed by atoms with Crippen LogP contribution in [0.25, 0.3) is 5.78 Å². The predicted octanol–water partition coefficient (Wildman–Crippen LogP) is 1.90. The zero-order valence-electron chi connectivity index (χ0n) is 12.2. The quantitative estimate of drug-likeness (QED) is 0.892. The zero-order valence-corrected chi connectivity index (χ0v) is 12.2. The average molecular weight is 261 g/mol. The van der Waals surface area contributed by atoms with E-state index >= 15 is 0 Å². The lowest BCUT2D eigenvalue weighted by Gasteiger charge is -2.16. The van der Waals surface area contributed by atoms with Crippen molar-refractivity contribution in [3.63, 3.8) is 0 Å². The van der Waals surface area contributed by atoms with Gasteiger partial charge in [0.25, 0.3) is 5.78 Å². The molecule has 0 fully saturated rings. The van der Waals surface area contributed by atoms with E-state index in [1.807, 2.05) is 11.3 Å². The van der Waals surface area contributed by atoms with Crippen LogP contribution in [0.15, 0.2) is 6.07 Å². The Morgan fingerprint density at radius 2 is 2.00 bits per heavy atom. The molecule has 0 spiro atoms. The highest BCUT2D eigenvalue weighted by Crippen LogP contribution is 2.17. The molecule has 0 saturated carbocycles. The Morgan fingerprint density at radius 3 is 2.63 bits per heavy atom. The van der Waals surface area contributed by atoms with Crippen molar-refractivity contribution in [3.05, 3.63) is 23.3 Å². The Kier molecular flexibility index (Phi) is 4.14. The molecule has 0 saturated heterocycles. The fourth-order valence-corrected chi connectivity index (χ4v) is 2.62. The van der Waals surface area contributed by atoms with Crippen LogP contribution in [-0.2, 0) is 6.42 Å². The minimum atomic E-state index is 0.452. The molecule has 2 rings (SSSR count). The Balaban J connectivity index is 2.30. The van der Waals surface area contributed by atoms with Crippen LogP contribution in [0, 0.1) is 25.7 Å². The maximum atomic E-state index is 5.87. The number of aryl methyl sites for hydroxylation is 2. The lowest BCUT2D eigenvalue weighted by molar-refractivity contribution is 0.407. The molecule has 0 aliphatic rings. The molecule has 0 amide bonds. The summed E-state index contributed by atoms with van der Waals surface area (Å²) in [5, 5.41) is 8.46. The Labute approximate surface area is 114 Å². The van der Waals surface area contributed by atoms with Crippen LogP contribution < -0.4 is 5.73 Å². The Morgan fingerprint density at radius 1 is 1.26 bits per heavy atom. The summed E-state index contributed by atoms with van der Waals surface area (Å²) < 4.78 is 2.04. The fourth-order valence-electron chi connectivity index (χ4n) is 2.62. The lowest BCUT2D eigenvalue weighted by Crippen LogP contribution is -2.20. The summed E-state index contributed by atoms with van der Waals surface area (Å²) in [5.74, 6) is 2.76. The number of aromatic nitrogens is 4. The molecule has 0 aliphatic carbocycles. The summed E-state index contributed by atoms with van der Waals surface area (Å²) in [6.07, 6.45) is 1.98. The van der Waals surface area contributed by atoms with Crippen molar-refractivity contribution in [2.24, 2.45) is 17.6 Å². The fraction of sp³-hybridized carbons (Fsp3) is 0.643. The SMILES string of the molecule is Cc1cc(C)n2c(CC(CN)CC(C)C)nnc2n1. The molecule has 104 valence electrons. The third kappa shape index (κ3) is 3.10. The molecule has 0 radical (unpaired) electrons. The van der Waals surface area contributed by atoms with Gasteiger partial charge in [-0.25, -0.2) is 4.98 Å². The predicted molar refractivity (Wildman–Crippen MR) is 76.0 cm³/mol. The van der Waals surface area contributed by atoms with Crippen LogP contribution in [0.2, 0.25) is 0 Å². The smallest absolute Gasteiger partial charge is 0.255 e. The largest absolute Gasteiger partial charge is 0.330 e. The summed E-state index contributed by atoms with van der Waals surface area (Å²) in [4.78, 5) is 4.41. The lowest BCUT2D eigenvalue weighted by atomic mass is 9.94. The van der Waals surface area contributed by atoms with Gasteiger partial charge in [-0.2, -0.15) is 0 Å². The standard InChI is InChI=1S/C14H23N5/c1-9(2)5-12(8-15)7-13-17-18-14-16-10(3)6-11(4)19(13)14/h6,9,12H,5,7-8,15H2,1-4H3. The molecule has 2 N–H and O–H groups in total. The van der Waals surface area contributed by atoms with Crippen LogP contribution in [0.1, 0.15) is 37.5 Å². The van der Waals surface area contributed by atoms with Crippen molar-refractivity contribution >= 4 is 5.78 Å². The first-order chi connectivity index (χ1) is 9.01. The molecule has 2 aromatic rings. The van der Waals surface area contributed by atoms with E-state index in [1.54, 1.807) is 0 Å². The first-order valence-electron chi connectivity index (χ1n) is 6.89. The third-order valence-corrected chi connectivity index (χ3v) is 3.37. The van der Waals surface area contributed by atoms with Gasteiger partial charge in [-0.3, -0.25) is 4.40 Å². The molecule has 0 aliphatic heterocycles. The molecular formula is C14H23N5. The van der Waals surface area contributed by atoms with Crippen molar-refractivity contribution in [3.8, 4) is 0 Å². The van der Waals surface area contributed by atoms with Gasteiger partial charge >= 0.3 is 0 Å². The molecule has 2 aromatic heterocycles. The number of fused-ring (bicyclic) bond motifs is 1. The molecule has 5 nitrogen and oxygen atoms in total. The van der Waals surface area contributed by atoms with E-state index < -0.39 is 0 Å². The number of hydrogen-bond acceptors (Lipinski definition) is 4. The maximum absolute atomic E-state index is 5.87. The molecule has 1 unspecified atom stereocenters. The van der Waals surface area contributed by atoms with Crippen LogP contribution in [0.3, 0.4) is 0 Å². The molecule has 0 aromatic carbocycles. The van der Waals surface area contributed by atoms with E-state index in [0.29, 0.717) is 24.2 Å². The Hall–Kier alpha value is -1.49. The van der Waals surface area contributed by atoms with Crippen molar-refractivity contribution in [2.45, 2.75) is 40.5 Å². The van der Waals surface area contributed by atoms with E-state index in [1.165, 1.54) is 0 Å². The minimum Gasteiger partial charge on any atom is -0.330 e. The summed E-state index contributed by atoms with van der Waals surface area (Å²) in [7, 11) is 0. The van der Waals surface area contributed by atoms with E-state index in [-0.39, 0.29) is 0 Å². The van der Waals surface area contributed by atoms with Crippen LogP contribution in [0.5, 0.6) is 0 Å². The van der Waals surface area contributed by atoms with Crippen LogP contribution in [-0.4, -0.2) is 26.1 Å². The zero-order chi connectivity index (χ0) is 14.0. The van der Waals surface area contributed by atoms with Gasteiger partial charge in [0.1, 0.15) is 5.82 Å².